The lowest BCUT2D eigenvalue weighted by atomic mass is 10.0. The van der Waals surface area contributed by atoms with Crippen molar-refractivity contribution in [2.45, 2.75) is 27.2 Å². The van der Waals surface area contributed by atoms with Crippen molar-refractivity contribution in [3.05, 3.63) is 53.6 Å². The SMILES string of the molecule is CCOC(=O)c1sc(CC(=O)/C(C#N)=C/c2cc(Br)cc(Cl)c2O)c(C(=O)OCC)c1C. The molecule has 0 aliphatic carbocycles. The average molecular weight is 541 g/mol. The Labute approximate surface area is 202 Å². The maximum atomic E-state index is 12.9. The average Bonchev–Trinajstić information content (AvgIpc) is 3.05. The maximum absolute atomic E-state index is 12.9. The number of phenolic OH excluding ortho intramolecular Hbond substituents is 1. The number of ketones is 1. The summed E-state index contributed by atoms with van der Waals surface area (Å²) in [4.78, 5) is 38.1. The lowest BCUT2D eigenvalue weighted by molar-refractivity contribution is -0.114. The summed E-state index contributed by atoms with van der Waals surface area (Å²) >= 11 is 10.1. The molecule has 0 atom stereocenters. The molecule has 168 valence electrons. The molecule has 10 heteroatoms. The van der Waals surface area contributed by atoms with E-state index in [0.29, 0.717) is 10.0 Å². The number of hydrogen-bond acceptors (Lipinski definition) is 8. The van der Waals surface area contributed by atoms with Gasteiger partial charge in [-0.25, -0.2) is 9.59 Å². The van der Waals surface area contributed by atoms with Crippen LogP contribution in [0.25, 0.3) is 6.08 Å². The maximum Gasteiger partial charge on any atom is 0.348 e. The Morgan fingerprint density at radius 2 is 1.84 bits per heavy atom. The largest absolute Gasteiger partial charge is 0.506 e. The van der Waals surface area contributed by atoms with Crippen molar-refractivity contribution in [3.63, 3.8) is 0 Å². The van der Waals surface area contributed by atoms with E-state index in [4.69, 9.17) is 21.1 Å². The first kappa shape index (κ1) is 25.6. The molecule has 1 aromatic carbocycles. The van der Waals surface area contributed by atoms with Crippen LogP contribution in [0.1, 0.15) is 49.9 Å². The molecule has 2 rings (SSSR count). The van der Waals surface area contributed by atoms with Gasteiger partial charge in [-0.05, 0) is 44.5 Å². The highest BCUT2D eigenvalue weighted by Crippen LogP contribution is 2.34. The Morgan fingerprint density at radius 3 is 2.44 bits per heavy atom. The Morgan fingerprint density at radius 1 is 1.22 bits per heavy atom. The summed E-state index contributed by atoms with van der Waals surface area (Å²) in [5.74, 6) is -2.16. The van der Waals surface area contributed by atoms with E-state index in [9.17, 15) is 24.8 Å². The summed E-state index contributed by atoms with van der Waals surface area (Å²) in [6.07, 6.45) is 0.895. The van der Waals surface area contributed by atoms with E-state index < -0.39 is 17.7 Å². The summed E-state index contributed by atoms with van der Waals surface area (Å²) in [5.41, 5.74) is 0.384. The molecule has 0 radical (unpaired) electrons. The third-order valence-corrected chi connectivity index (χ3v) is 6.28. The molecule has 1 heterocycles. The standard InChI is InChI=1S/C22H19BrClNO6S/c1-4-30-21(28)18-11(3)20(22(29)31-5-2)32-17(18)9-16(26)13(10-25)6-12-7-14(23)8-15(24)19(12)27/h6-8,27H,4-5,9H2,1-3H3/b13-6+. The quantitative estimate of drug-likeness (QED) is 0.276. The van der Waals surface area contributed by atoms with Crippen LogP contribution >= 0.6 is 38.9 Å². The second kappa shape index (κ2) is 11.3. The van der Waals surface area contributed by atoms with Crippen LogP contribution in [0.5, 0.6) is 5.75 Å². The van der Waals surface area contributed by atoms with Crippen LogP contribution in [0.15, 0.2) is 22.2 Å². The first-order valence-corrected chi connectivity index (χ1v) is 11.4. The Balaban J connectivity index is 2.49. The fourth-order valence-electron chi connectivity index (χ4n) is 2.83. The molecule has 0 amide bonds. The van der Waals surface area contributed by atoms with Crippen LogP contribution < -0.4 is 0 Å². The van der Waals surface area contributed by atoms with Crippen LogP contribution in [0.2, 0.25) is 5.02 Å². The van der Waals surface area contributed by atoms with E-state index in [1.54, 1.807) is 20.8 Å². The summed E-state index contributed by atoms with van der Waals surface area (Å²) in [7, 11) is 0. The third-order valence-electron chi connectivity index (χ3n) is 4.26. The lowest BCUT2D eigenvalue weighted by Gasteiger charge is -2.06. The molecular formula is C22H19BrClNO6S. The van der Waals surface area contributed by atoms with Crippen molar-refractivity contribution >= 4 is 62.7 Å². The van der Waals surface area contributed by atoms with Gasteiger partial charge in [0.25, 0.3) is 0 Å². The van der Waals surface area contributed by atoms with E-state index in [1.807, 2.05) is 6.07 Å². The van der Waals surface area contributed by atoms with E-state index >= 15 is 0 Å². The number of carbonyl (C=O) groups excluding carboxylic acids is 3. The molecule has 0 aliphatic heterocycles. The molecule has 0 bridgehead atoms. The van der Waals surface area contributed by atoms with Crippen LogP contribution in [-0.4, -0.2) is 36.0 Å². The minimum atomic E-state index is -0.668. The number of phenols is 1. The van der Waals surface area contributed by atoms with Crippen molar-refractivity contribution in [3.8, 4) is 11.8 Å². The molecule has 1 aromatic heterocycles. The molecule has 2 aromatic rings. The number of thiophene rings is 1. The highest BCUT2D eigenvalue weighted by atomic mass is 79.9. The van der Waals surface area contributed by atoms with Crippen molar-refractivity contribution < 1.29 is 29.0 Å². The highest BCUT2D eigenvalue weighted by Gasteiger charge is 2.28. The summed E-state index contributed by atoms with van der Waals surface area (Å²) in [6, 6.07) is 4.79. The minimum absolute atomic E-state index is 0.0490. The van der Waals surface area contributed by atoms with Gasteiger partial charge in [0.15, 0.2) is 5.78 Å². The number of Topliss-reactive ketones (excluding diaryl/α,β-unsaturated/α-hetero) is 1. The number of nitriles is 1. The Hall–Kier alpha value is -2.67. The van der Waals surface area contributed by atoms with Crippen LogP contribution in [-0.2, 0) is 20.7 Å². The first-order valence-electron chi connectivity index (χ1n) is 9.43. The lowest BCUT2D eigenvalue weighted by Crippen LogP contribution is -2.12. The summed E-state index contributed by atoms with van der Waals surface area (Å²) in [6.45, 7) is 5.14. The van der Waals surface area contributed by atoms with Gasteiger partial charge in [-0.3, -0.25) is 4.79 Å². The topological polar surface area (TPSA) is 114 Å². The number of hydrogen-bond donors (Lipinski definition) is 1. The van der Waals surface area contributed by atoms with Crippen LogP contribution in [0.4, 0.5) is 0 Å². The second-order valence-corrected chi connectivity index (χ2v) is 8.82. The predicted molar refractivity (Wildman–Crippen MR) is 124 cm³/mol. The molecule has 0 aliphatic rings. The predicted octanol–water partition coefficient (Wildman–Crippen LogP) is 5.25. The Bertz CT molecular complexity index is 1150. The molecule has 32 heavy (non-hydrogen) atoms. The zero-order valence-electron chi connectivity index (χ0n) is 17.5. The van der Waals surface area contributed by atoms with Gasteiger partial charge in [0.05, 0.1) is 29.4 Å². The number of ether oxygens (including phenoxy) is 2. The summed E-state index contributed by atoms with van der Waals surface area (Å²) < 4.78 is 10.7. The van der Waals surface area contributed by atoms with E-state index in [-0.39, 0.29) is 56.9 Å². The smallest absolute Gasteiger partial charge is 0.348 e. The van der Waals surface area contributed by atoms with Gasteiger partial charge in [0, 0.05) is 21.3 Å². The van der Waals surface area contributed by atoms with E-state index in [0.717, 1.165) is 11.3 Å². The minimum Gasteiger partial charge on any atom is -0.506 e. The Kier molecular flexibility index (Phi) is 9.01. The molecule has 0 fully saturated rings. The number of allylic oxidation sites excluding steroid dienone is 1. The zero-order valence-corrected chi connectivity index (χ0v) is 20.6. The van der Waals surface area contributed by atoms with Crippen molar-refractivity contribution in [1.82, 2.24) is 0 Å². The fraction of sp³-hybridized carbons (Fsp3) is 0.273. The van der Waals surface area contributed by atoms with E-state index in [1.165, 1.54) is 18.2 Å². The summed E-state index contributed by atoms with van der Waals surface area (Å²) in [5, 5.41) is 19.7. The first-order chi connectivity index (χ1) is 15.1. The van der Waals surface area contributed by atoms with Gasteiger partial charge in [-0.2, -0.15) is 5.26 Å². The van der Waals surface area contributed by atoms with Gasteiger partial charge in [0.1, 0.15) is 16.7 Å². The van der Waals surface area contributed by atoms with Crippen molar-refractivity contribution in [2.24, 2.45) is 0 Å². The molecule has 0 saturated heterocycles. The number of halogens is 2. The number of aromatic hydroxyl groups is 1. The number of esters is 2. The van der Waals surface area contributed by atoms with Crippen LogP contribution in [0, 0.1) is 18.3 Å². The number of carbonyl (C=O) groups is 3. The molecule has 7 nitrogen and oxygen atoms in total. The number of rotatable bonds is 8. The fourth-order valence-corrected chi connectivity index (χ4v) is 4.85. The number of benzene rings is 1. The normalized spacial score (nSPS) is 11.1. The molecular weight excluding hydrogens is 522 g/mol. The molecule has 0 saturated carbocycles. The molecule has 1 N–H and O–H groups in total. The molecule has 0 spiro atoms. The van der Waals surface area contributed by atoms with Gasteiger partial charge < -0.3 is 14.6 Å². The second-order valence-electron chi connectivity index (χ2n) is 6.39. The van der Waals surface area contributed by atoms with Crippen molar-refractivity contribution in [1.29, 1.82) is 5.26 Å². The van der Waals surface area contributed by atoms with Gasteiger partial charge in [0.2, 0.25) is 0 Å². The van der Waals surface area contributed by atoms with Crippen LogP contribution in [0.3, 0.4) is 0 Å². The zero-order chi connectivity index (χ0) is 24.0. The third kappa shape index (κ3) is 5.76. The highest BCUT2D eigenvalue weighted by molar-refractivity contribution is 9.10. The van der Waals surface area contributed by atoms with Crippen molar-refractivity contribution in [2.75, 3.05) is 13.2 Å². The van der Waals surface area contributed by atoms with Gasteiger partial charge >= 0.3 is 11.9 Å². The molecule has 0 unspecified atom stereocenters. The number of nitrogens with zero attached hydrogens (tertiary/aromatic N) is 1. The van der Waals surface area contributed by atoms with E-state index in [2.05, 4.69) is 15.9 Å². The van der Waals surface area contributed by atoms with Gasteiger partial charge in [-0.1, -0.05) is 27.5 Å². The van der Waals surface area contributed by atoms with Gasteiger partial charge in [-0.15, -0.1) is 11.3 Å². The monoisotopic (exact) mass is 539 g/mol.